The number of halogens is 4. The van der Waals surface area contributed by atoms with Gasteiger partial charge in [0.2, 0.25) is 0 Å². The van der Waals surface area contributed by atoms with Gasteiger partial charge >= 0.3 is 0 Å². The highest BCUT2D eigenvalue weighted by Gasteiger charge is 2.15. The molecule has 0 atom stereocenters. The third-order valence-electron chi connectivity index (χ3n) is 2.86. The van der Waals surface area contributed by atoms with E-state index in [-0.39, 0.29) is 17.3 Å². The average molecular weight is 317 g/mol. The summed E-state index contributed by atoms with van der Waals surface area (Å²) in [5.41, 5.74) is 0.760. The Morgan fingerprint density at radius 2 is 1.81 bits per heavy atom. The van der Waals surface area contributed by atoms with Crippen LogP contribution in [0.5, 0.6) is 0 Å². The molecule has 0 fully saturated rings. The molecule has 0 unspecified atom stereocenters. The van der Waals surface area contributed by atoms with Crippen LogP contribution in [0, 0.1) is 17.5 Å². The molecule has 1 N–H and O–H groups in total. The van der Waals surface area contributed by atoms with Crippen LogP contribution in [0.4, 0.5) is 24.7 Å². The van der Waals surface area contributed by atoms with Crippen LogP contribution in [0.25, 0.3) is 0 Å². The normalized spacial score (nSPS) is 10.6. The highest BCUT2D eigenvalue weighted by Crippen LogP contribution is 2.29. The van der Waals surface area contributed by atoms with Crippen molar-refractivity contribution in [1.29, 1.82) is 0 Å². The second-order valence-electron chi connectivity index (χ2n) is 4.34. The third-order valence-corrected chi connectivity index (χ3v) is 3.14. The number of benzene rings is 1. The maximum absolute atomic E-state index is 13.2. The fourth-order valence-electron chi connectivity index (χ4n) is 1.91. The summed E-state index contributed by atoms with van der Waals surface area (Å²) in [6.07, 6.45) is 1.28. The van der Waals surface area contributed by atoms with Gasteiger partial charge in [-0.05, 0) is 17.7 Å². The molecule has 0 saturated heterocycles. The van der Waals surface area contributed by atoms with Crippen molar-refractivity contribution in [1.82, 2.24) is 9.97 Å². The summed E-state index contributed by atoms with van der Waals surface area (Å²) in [5, 5.41) is 3.08. The molecule has 0 radical (unpaired) electrons. The molecule has 0 aliphatic carbocycles. The quantitative estimate of drug-likeness (QED) is 0.694. The van der Waals surface area contributed by atoms with Crippen LogP contribution in [-0.2, 0) is 6.54 Å². The summed E-state index contributed by atoms with van der Waals surface area (Å²) >= 11 is 5.94. The largest absolute Gasteiger partial charge is 0.383 e. The number of anilines is 2. The fraction of sp³-hybridized carbons (Fsp3) is 0.231. The van der Waals surface area contributed by atoms with Gasteiger partial charge in [0.25, 0.3) is 0 Å². The van der Waals surface area contributed by atoms with Crippen molar-refractivity contribution in [3.8, 4) is 0 Å². The molecule has 21 heavy (non-hydrogen) atoms. The van der Waals surface area contributed by atoms with Crippen LogP contribution >= 0.6 is 11.6 Å². The second kappa shape index (κ2) is 6.17. The van der Waals surface area contributed by atoms with E-state index in [2.05, 4.69) is 15.3 Å². The Kier molecular flexibility index (Phi) is 4.52. The Hall–Kier alpha value is -2.02. The van der Waals surface area contributed by atoms with Crippen LogP contribution in [0.15, 0.2) is 18.5 Å². The minimum absolute atomic E-state index is 0.121. The van der Waals surface area contributed by atoms with Crippen molar-refractivity contribution in [2.75, 3.05) is 24.3 Å². The fourth-order valence-corrected chi connectivity index (χ4v) is 2.13. The summed E-state index contributed by atoms with van der Waals surface area (Å²) in [4.78, 5) is 9.53. The van der Waals surface area contributed by atoms with Crippen LogP contribution in [0.3, 0.4) is 0 Å². The Morgan fingerprint density at radius 1 is 1.19 bits per heavy atom. The number of rotatable bonds is 4. The maximum Gasteiger partial charge on any atom is 0.194 e. The van der Waals surface area contributed by atoms with Gasteiger partial charge in [-0.2, -0.15) is 0 Å². The Morgan fingerprint density at radius 3 is 2.38 bits per heavy atom. The summed E-state index contributed by atoms with van der Waals surface area (Å²) in [7, 11) is 3.32. The van der Waals surface area contributed by atoms with Crippen molar-refractivity contribution in [3.63, 3.8) is 0 Å². The predicted molar refractivity (Wildman–Crippen MR) is 75.0 cm³/mol. The molecular formula is C13H12ClF3N4. The zero-order chi connectivity index (χ0) is 15.6. The van der Waals surface area contributed by atoms with Crippen LogP contribution in [-0.4, -0.2) is 24.1 Å². The Balaban J connectivity index is 2.30. The molecule has 0 saturated carbocycles. The Bertz CT molecular complexity index is 643. The summed E-state index contributed by atoms with van der Waals surface area (Å²) in [5.74, 6) is -3.48. The number of nitrogens with one attached hydrogen (secondary N) is 1. The van der Waals surface area contributed by atoms with Crippen LogP contribution < -0.4 is 10.2 Å². The molecule has 8 heteroatoms. The SMILES string of the molecule is CNc1c(Cl)ncnc1N(C)Cc1cc(F)c(F)c(F)c1. The first-order chi connectivity index (χ1) is 9.93. The van der Waals surface area contributed by atoms with E-state index in [4.69, 9.17) is 11.6 Å². The molecule has 0 aliphatic heterocycles. The predicted octanol–water partition coefficient (Wildman–Crippen LogP) is 3.23. The number of aromatic nitrogens is 2. The van der Waals surface area contributed by atoms with Gasteiger partial charge in [0, 0.05) is 20.6 Å². The first kappa shape index (κ1) is 15.4. The molecule has 0 spiro atoms. The van der Waals surface area contributed by atoms with E-state index >= 15 is 0 Å². The average Bonchev–Trinajstić information content (AvgIpc) is 2.44. The molecule has 1 aromatic heterocycles. The van der Waals surface area contributed by atoms with Crippen LogP contribution in [0.1, 0.15) is 5.56 Å². The van der Waals surface area contributed by atoms with Gasteiger partial charge in [-0.25, -0.2) is 23.1 Å². The first-order valence-electron chi connectivity index (χ1n) is 5.96. The molecule has 1 heterocycles. The molecule has 2 rings (SSSR count). The molecule has 112 valence electrons. The maximum atomic E-state index is 13.2. The van der Waals surface area contributed by atoms with Gasteiger partial charge in [-0.3, -0.25) is 0 Å². The van der Waals surface area contributed by atoms with E-state index < -0.39 is 17.5 Å². The minimum Gasteiger partial charge on any atom is -0.383 e. The number of nitrogens with zero attached hydrogens (tertiary/aromatic N) is 3. The molecule has 0 bridgehead atoms. The van der Waals surface area contributed by atoms with E-state index in [0.29, 0.717) is 11.5 Å². The minimum atomic E-state index is -1.48. The lowest BCUT2D eigenvalue weighted by atomic mass is 10.2. The van der Waals surface area contributed by atoms with Gasteiger partial charge in [-0.15, -0.1) is 0 Å². The van der Waals surface area contributed by atoms with E-state index in [9.17, 15) is 13.2 Å². The highest BCUT2D eigenvalue weighted by atomic mass is 35.5. The zero-order valence-electron chi connectivity index (χ0n) is 11.3. The summed E-state index contributed by atoms with van der Waals surface area (Å²) in [6, 6.07) is 1.88. The van der Waals surface area contributed by atoms with E-state index in [1.165, 1.54) is 6.33 Å². The lowest BCUT2D eigenvalue weighted by Gasteiger charge is -2.21. The zero-order valence-corrected chi connectivity index (χ0v) is 12.0. The highest BCUT2D eigenvalue weighted by molar-refractivity contribution is 6.32. The standard InChI is InChI=1S/C13H12ClF3N4/c1-18-11-12(14)19-6-20-13(11)21(2)5-7-3-8(15)10(17)9(16)4-7/h3-4,6,18H,5H2,1-2H3. The smallest absolute Gasteiger partial charge is 0.194 e. The molecule has 0 amide bonds. The lowest BCUT2D eigenvalue weighted by molar-refractivity contribution is 0.445. The third kappa shape index (κ3) is 3.18. The van der Waals surface area contributed by atoms with Gasteiger partial charge in [0.15, 0.2) is 28.4 Å². The monoisotopic (exact) mass is 316 g/mol. The summed E-state index contributed by atoms with van der Waals surface area (Å²) < 4.78 is 39.4. The van der Waals surface area contributed by atoms with Crippen molar-refractivity contribution in [2.45, 2.75) is 6.54 Å². The number of hydrogen-bond donors (Lipinski definition) is 1. The second-order valence-corrected chi connectivity index (χ2v) is 4.70. The van der Waals surface area contributed by atoms with Gasteiger partial charge in [0.05, 0.1) is 0 Å². The van der Waals surface area contributed by atoms with Crippen molar-refractivity contribution < 1.29 is 13.2 Å². The van der Waals surface area contributed by atoms with Gasteiger partial charge < -0.3 is 10.2 Å². The van der Waals surface area contributed by atoms with E-state index in [0.717, 1.165) is 12.1 Å². The van der Waals surface area contributed by atoms with Crippen molar-refractivity contribution in [2.24, 2.45) is 0 Å². The molecule has 4 nitrogen and oxygen atoms in total. The topological polar surface area (TPSA) is 41.1 Å². The molecule has 0 aliphatic rings. The lowest BCUT2D eigenvalue weighted by Crippen LogP contribution is -2.20. The summed E-state index contributed by atoms with van der Waals surface area (Å²) in [6.45, 7) is 0.121. The number of hydrogen-bond acceptors (Lipinski definition) is 4. The van der Waals surface area contributed by atoms with Crippen molar-refractivity contribution in [3.05, 3.63) is 46.6 Å². The van der Waals surface area contributed by atoms with Crippen molar-refractivity contribution >= 4 is 23.1 Å². The van der Waals surface area contributed by atoms with E-state index in [1.807, 2.05) is 0 Å². The Labute approximate surface area is 124 Å². The van der Waals surface area contributed by atoms with Gasteiger partial charge in [0.1, 0.15) is 12.0 Å². The molecule has 1 aromatic carbocycles. The van der Waals surface area contributed by atoms with E-state index in [1.54, 1.807) is 19.0 Å². The van der Waals surface area contributed by atoms with Gasteiger partial charge in [-0.1, -0.05) is 11.6 Å². The first-order valence-corrected chi connectivity index (χ1v) is 6.34. The molecule has 2 aromatic rings. The molecular weight excluding hydrogens is 305 g/mol. The van der Waals surface area contributed by atoms with Crippen LogP contribution in [0.2, 0.25) is 5.15 Å².